The first-order valence-electron chi connectivity index (χ1n) is 3.78. The number of pyridine rings is 1. The molecule has 1 heterocycles. The molecule has 0 amide bonds. The van der Waals surface area contributed by atoms with Gasteiger partial charge in [0.05, 0.1) is 21.2 Å². The van der Waals surface area contributed by atoms with Crippen molar-refractivity contribution in [3.8, 4) is 0 Å². The Morgan fingerprint density at radius 2 is 1.79 bits per heavy atom. The van der Waals surface area contributed by atoms with Gasteiger partial charge in [-0.2, -0.15) is 0 Å². The maximum atomic E-state index is 5.98. The van der Waals surface area contributed by atoms with E-state index in [1.807, 2.05) is 0 Å². The molecule has 0 atom stereocenters. The second-order valence-electron chi connectivity index (χ2n) is 2.80. The largest absolute Gasteiger partial charge is 0.397 e. The second kappa shape index (κ2) is 3.46. The first-order valence-corrected chi connectivity index (χ1v) is 4.91. The Hall–Kier alpha value is -0.700. The molecular formula is C9H5Cl3N2. The summed E-state index contributed by atoms with van der Waals surface area (Å²) in [6.07, 6.45) is 1.48. The molecule has 1 aromatic heterocycles. The highest BCUT2D eigenvalue weighted by atomic mass is 35.5. The number of nitrogens with zero attached hydrogens (tertiary/aromatic N) is 1. The molecular weight excluding hydrogens is 242 g/mol. The fourth-order valence-corrected chi connectivity index (χ4v) is 1.97. The van der Waals surface area contributed by atoms with E-state index >= 15 is 0 Å². The van der Waals surface area contributed by atoms with E-state index in [9.17, 15) is 0 Å². The number of anilines is 1. The van der Waals surface area contributed by atoms with E-state index in [4.69, 9.17) is 40.5 Å². The molecule has 2 aromatic rings. The minimum absolute atomic E-state index is 0.390. The molecule has 0 saturated carbocycles. The number of benzene rings is 1. The number of fused-ring (bicyclic) bond motifs is 1. The number of hydrogen-bond acceptors (Lipinski definition) is 2. The van der Waals surface area contributed by atoms with Crippen LogP contribution in [0.2, 0.25) is 15.1 Å². The predicted octanol–water partition coefficient (Wildman–Crippen LogP) is 3.78. The molecule has 14 heavy (non-hydrogen) atoms. The standard InChI is InChI=1S/C9H5Cl3N2/c10-4-1-5(11)8-7(2-4)14-3-6(12)9(8)13/h1-3H,(H2,13,14). The molecule has 0 bridgehead atoms. The van der Waals surface area contributed by atoms with Crippen LogP contribution in [0.3, 0.4) is 0 Å². The van der Waals surface area contributed by atoms with Crippen LogP contribution in [0.4, 0.5) is 5.69 Å². The van der Waals surface area contributed by atoms with Gasteiger partial charge in [0.2, 0.25) is 0 Å². The molecule has 2 nitrogen and oxygen atoms in total. The van der Waals surface area contributed by atoms with E-state index < -0.39 is 0 Å². The van der Waals surface area contributed by atoms with Gasteiger partial charge in [-0.3, -0.25) is 4.98 Å². The molecule has 0 radical (unpaired) electrons. The Bertz CT molecular complexity index is 511. The van der Waals surface area contributed by atoms with Crippen LogP contribution in [0.15, 0.2) is 18.3 Å². The lowest BCUT2D eigenvalue weighted by atomic mass is 10.2. The summed E-state index contributed by atoms with van der Waals surface area (Å²) < 4.78 is 0. The van der Waals surface area contributed by atoms with Crippen molar-refractivity contribution in [2.75, 3.05) is 5.73 Å². The average molecular weight is 248 g/mol. The Morgan fingerprint density at radius 1 is 1.07 bits per heavy atom. The molecule has 0 aliphatic rings. The Labute approximate surface area is 95.6 Å². The highest BCUT2D eigenvalue weighted by molar-refractivity contribution is 6.41. The zero-order valence-corrected chi connectivity index (χ0v) is 9.16. The van der Waals surface area contributed by atoms with Crippen molar-refractivity contribution in [2.24, 2.45) is 0 Å². The van der Waals surface area contributed by atoms with Gasteiger partial charge in [-0.15, -0.1) is 0 Å². The number of hydrogen-bond donors (Lipinski definition) is 1. The lowest BCUT2D eigenvalue weighted by Gasteiger charge is -2.05. The van der Waals surface area contributed by atoms with Crippen molar-refractivity contribution in [3.05, 3.63) is 33.4 Å². The second-order valence-corrected chi connectivity index (χ2v) is 4.05. The van der Waals surface area contributed by atoms with Crippen LogP contribution in [0.25, 0.3) is 10.9 Å². The molecule has 0 fully saturated rings. The van der Waals surface area contributed by atoms with Gasteiger partial charge in [0.25, 0.3) is 0 Å². The molecule has 2 rings (SSSR count). The normalized spacial score (nSPS) is 10.8. The van der Waals surface area contributed by atoms with Gasteiger partial charge in [0.1, 0.15) is 0 Å². The van der Waals surface area contributed by atoms with Crippen LogP contribution < -0.4 is 5.73 Å². The topological polar surface area (TPSA) is 38.9 Å². The van der Waals surface area contributed by atoms with E-state index in [1.54, 1.807) is 12.1 Å². The fourth-order valence-electron chi connectivity index (χ4n) is 1.24. The van der Waals surface area contributed by atoms with Crippen LogP contribution in [-0.2, 0) is 0 Å². The third-order valence-electron chi connectivity index (χ3n) is 1.88. The van der Waals surface area contributed by atoms with Crippen molar-refractivity contribution in [2.45, 2.75) is 0 Å². The average Bonchev–Trinajstić information content (AvgIpc) is 2.10. The van der Waals surface area contributed by atoms with E-state index in [2.05, 4.69) is 4.98 Å². The van der Waals surface area contributed by atoms with E-state index in [1.165, 1.54) is 6.20 Å². The van der Waals surface area contributed by atoms with Crippen molar-refractivity contribution in [3.63, 3.8) is 0 Å². The molecule has 0 saturated heterocycles. The number of nitrogens with two attached hydrogens (primary N) is 1. The minimum Gasteiger partial charge on any atom is -0.397 e. The van der Waals surface area contributed by atoms with Crippen LogP contribution in [0.5, 0.6) is 0 Å². The maximum Gasteiger partial charge on any atom is 0.0825 e. The summed E-state index contributed by atoms with van der Waals surface area (Å²) in [6, 6.07) is 3.30. The lowest BCUT2D eigenvalue weighted by Crippen LogP contribution is -1.91. The van der Waals surface area contributed by atoms with Gasteiger partial charge < -0.3 is 5.73 Å². The summed E-state index contributed by atoms with van der Waals surface area (Å²) in [5.41, 5.74) is 6.84. The minimum atomic E-state index is 0.390. The summed E-state index contributed by atoms with van der Waals surface area (Å²) in [6.45, 7) is 0. The SMILES string of the molecule is Nc1c(Cl)cnc2cc(Cl)cc(Cl)c12. The van der Waals surface area contributed by atoms with Crippen molar-refractivity contribution in [1.82, 2.24) is 4.98 Å². The smallest absolute Gasteiger partial charge is 0.0825 e. The van der Waals surface area contributed by atoms with Crippen LogP contribution >= 0.6 is 34.8 Å². The molecule has 72 valence electrons. The van der Waals surface area contributed by atoms with E-state index in [0.717, 1.165) is 0 Å². The Kier molecular flexibility index (Phi) is 2.43. The summed E-state index contributed by atoms with van der Waals surface area (Å²) in [7, 11) is 0. The van der Waals surface area contributed by atoms with Crippen molar-refractivity contribution >= 4 is 51.4 Å². The summed E-state index contributed by atoms with van der Waals surface area (Å²) in [5.74, 6) is 0. The lowest BCUT2D eigenvalue weighted by molar-refractivity contribution is 1.41. The number of nitrogen functional groups attached to an aromatic ring is 1. The molecule has 5 heteroatoms. The molecule has 0 spiro atoms. The summed E-state index contributed by atoms with van der Waals surface area (Å²) >= 11 is 17.6. The summed E-state index contributed by atoms with van der Waals surface area (Å²) in [5, 5.41) is 2.02. The van der Waals surface area contributed by atoms with Crippen molar-refractivity contribution in [1.29, 1.82) is 0 Å². The monoisotopic (exact) mass is 246 g/mol. The van der Waals surface area contributed by atoms with Crippen molar-refractivity contribution < 1.29 is 0 Å². The zero-order chi connectivity index (χ0) is 10.3. The number of aromatic nitrogens is 1. The van der Waals surface area contributed by atoms with Gasteiger partial charge in [-0.1, -0.05) is 34.8 Å². The van der Waals surface area contributed by atoms with E-state index in [-0.39, 0.29) is 0 Å². The third kappa shape index (κ3) is 1.50. The number of halogens is 3. The Morgan fingerprint density at radius 3 is 2.50 bits per heavy atom. The van der Waals surface area contributed by atoms with Gasteiger partial charge in [-0.05, 0) is 12.1 Å². The van der Waals surface area contributed by atoms with Gasteiger partial charge in [-0.25, -0.2) is 0 Å². The molecule has 0 aliphatic carbocycles. The van der Waals surface area contributed by atoms with Gasteiger partial charge >= 0.3 is 0 Å². The molecule has 0 unspecified atom stereocenters. The first kappa shape index (κ1) is 9.84. The molecule has 0 aliphatic heterocycles. The maximum absolute atomic E-state index is 5.98. The summed E-state index contributed by atoms with van der Waals surface area (Å²) in [4.78, 5) is 4.08. The fraction of sp³-hybridized carbons (Fsp3) is 0. The third-order valence-corrected chi connectivity index (χ3v) is 2.70. The van der Waals surface area contributed by atoms with Crippen LogP contribution in [0, 0.1) is 0 Å². The Balaban J connectivity index is 2.95. The predicted molar refractivity (Wildman–Crippen MR) is 61.2 cm³/mol. The van der Waals surface area contributed by atoms with Crippen LogP contribution in [-0.4, -0.2) is 4.98 Å². The molecule has 2 N–H and O–H groups in total. The van der Waals surface area contributed by atoms with Gasteiger partial charge in [0, 0.05) is 16.6 Å². The van der Waals surface area contributed by atoms with E-state index in [0.29, 0.717) is 31.7 Å². The van der Waals surface area contributed by atoms with Crippen LogP contribution in [0.1, 0.15) is 0 Å². The van der Waals surface area contributed by atoms with Gasteiger partial charge in [0.15, 0.2) is 0 Å². The first-order chi connectivity index (χ1) is 6.59. The number of rotatable bonds is 0. The molecule has 1 aromatic carbocycles. The highest BCUT2D eigenvalue weighted by Crippen LogP contribution is 2.34. The quantitative estimate of drug-likeness (QED) is 0.769. The highest BCUT2D eigenvalue weighted by Gasteiger charge is 2.08. The zero-order valence-electron chi connectivity index (χ0n) is 6.89.